The molecule has 1 atom stereocenters. The summed E-state index contributed by atoms with van der Waals surface area (Å²) in [7, 11) is 1.67. The first-order chi connectivity index (χ1) is 10.1. The molecule has 0 spiro atoms. The number of nitrogens with two attached hydrogens (primary N) is 1. The molecule has 0 bridgehead atoms. The Morgan fingerprint density at radius 1 is 1.45 bits per heavy atom. The van der Waals surface area contributed by atoms with Crippen molar-refractivity contribution in [2.75, 3.05) is 20.3 Å². The summed E-state index contributed by atoms with van der Waals surface area (Å²) in [6, 6.07) is 8.25. The Hall–Kier alpha value is -1.35. The fraction of sp³-hybridized carbons (Fsp3) is 0.467. The lowest BCUT2D eigenvalue weighted by Gasteiger charge is -2.13. The minimum Gasteiger partial charge on any atom is -0.383 e. The van der Waals surface area contributed by atoms with E-state index in [4.69, 9.17) is 10.5 Å². The molecule has 1 heterocycles. The molecule has 0 fully saturated rings. The fourth-order valence-electron chi connectivity index (χ4n) is 2.34. The molecular weight excluding hydrogens is 393 g/mol. The number of aryl methyl sites for hydroxylation is 1. The van der Waals surface area contributed by atoms with Crippen molar-refractivity contribution in [3.63, 3.8) is 0 Å². The molecule has 0 aliphatic rings. The van der Waals surface area contributed by atoms with Crippen molar-refractivity contribution < 1.29 is 4.74 Å². The van der Waals surface area contributed by atoms with Gasteiger partial charge in [0.05, 0.1) is 24.2 Å². The average Bonchev–Trinajstić information content (AvgIpc) is 2.75. The summed E-state index contributed by atoms with van der Waals surface area (Å²) in [5.74, 6) is 1.44. The van der Waals surface area contributed by atoms with E-state index in [-0.39, 0.29) is 30.0 Å². The highest BCUT2D eigenvalue weighted by atomic mass is 127. The van der Waals surface area contributed by atoms with Crippen molar-refractivity contribution in [1.29, 1.82) is 0 Å². The van der Waals surface area contributed by atoms with Crippen LogP contribution in [0.4, 0.5) is 0 Å². The molecule has 0 saturated carbocycles. The molecule has 22 heavy (non-hydrogen) atoms. The van der Waals surface area contributed by atoms with Gasteiger partial charge in [-0.1, -0.05) is 12.1 Å². The molecule has 1 aromatic heterocycles. The number of nitrogens with one attached hydrogen (secondary N) is 1. The predicted octanol–water partition coefficient (Wildman–Crippen LogP) is 1.90. The number of hydrogen-bond acceptors (Lipinski definition) is 3. The summed E-state index contributed by atoms with van der Waals surface area (Å²) in [6.07, 6.45) is 0. The Bertz CT molecular complexity index is 625. The number of imidazole rings is 1. The minimum absolute atomic E-state index is 0. The molecule has 1 aromatic carbocycles. The van der Waals surface area contributed by atoms with Crippen LogP contribution in [0.2, 0.25) is 0 Å². The van der Waals surface area contributed by atoms with Gasteiger partial charge in [-0.3, -0.25) is 4.99 Å². The first-order valence-corrected chi connectivity index (χ1v) is 7.09. The molecule has 0 aliphatic heterocycles. The van der Waals surface area contributed by atoms with E-state index in [2.05, 4.69) is 25.9 Å². The summed E-state index contributed by atoms with van der Waals surface area (Å²) in [4.78, 5) is 8.88. The second-order valence-electron chi connectivity index (χ2n) is 5.07. The van der Waals surface area contributed by atoms with Gasteiger partial charge in [0.25, 0.3) is 0 Å². The third-order valence-electron chi connectivity index (χ3n) is 3.26. The van der Waals surface area contributed by atoms with Crippen LogP contribution in [0.3, 0.4) is 0 Å². The van der Waals surface area contributed by atoms with Crippen molar-refractivity contribution >= 4 is 41.0 Å². The molecule has 0 aliphatic carbocycles. The number of aliphatic imine (C=N–C) groups is 1. The van der Waals surface area contributed by atoms with Gasteiger partial charge in [-0.25, -0.2) is 4.98 Å². The fourth-order valence-corrected chi connectivity index (χ4v) is 2.34. The summed E-state index contributed by atoms with van der Waals surface area (Å²) in [5.41, 5.74) is 8.00. The van der Waals surface area contributed by atoms with E-state index >= 15 is 0 Å². The second kappa shape index (κ2) is 8.94. The number of guanidine groups is 1. The van der Waals surface area contributed by atoms with Crippen molar-refractivity contribution in [2.45, 2.75) is 26.4 Å². The molecule has 2 rings (SSSR count). The molecule has 0 amide bonds. The third kappa shape index (κ3) is 4.84. The topological polar surface area (TPSA) is 77.5 Å². The lowest BCUT2D eigenvalue weighted by Crippen LogP contribution is -2.40. The minimum atomic E-state index is 0. The third-order valence-corrected chi connectivity index (χ3v) is 3.26. The van der Waals surface area contributed by atoms with Crippen LogP contribution in [0, 0.1) is 6.92 Å². The zero-order valence-corrected chi connectivity index (χ0v) is 15.6. The standard InChI is InChI=1S/C15H23N5O.HI/c1-11(10-21-3)18-15(16)17-8-9-20-12(2)19-13-6-4-5-7-14(13)20;/h4-7,11H,8-10H2,1-3H3,(H3,16,17,18);1H. The Morgan fingerprint density at radius 2 is 2.18 bits per heavy atom. The molecule has 2 aromatic rings. The molecule has 0 radical (unpaired) electrons. The number of para-hydroxylation sites is 2. The van der Waals surface area contributed by atoms with Gasteiger partial charge < -0.3 is 20.4 Å². The van der Waals surface area contributed by atoms with E-state index < -0.39 is 0 Å². The van der Waals surface area contributed by atoms with Crippen molar-refractivity contribution in [2.24, 2.45) is 10.7 Å². The monoisotopic (exact) mass is 417 g/mol. The number of aromatic nitrogens is 2. The van der Waals surface area contributed by atoms with Crippen molar-refractivity contribution in [3.05, 3.63) is 30.1 Å². The highest BCUT2D eigenvalue weighted by Crippen LogP contribution is 2.14. The van der Waals surface area contributed by atoms with E-state index in [1.54, 1.807) is 7.11 Å². The number of halogens is 1. The van der Waals surface area contributed by atoms with Gasteiger partial charge in [-0.15, -0.1) is 24.0 Å². The first kappa shape index (κ1) is 18.7. The maximum Gasteiger partial charge on any atom is 0.188 e. The van der Waals surface area contributed by atoms with E-state index in [0.29, 0.717) is 19.1 Å². The van der Waals surface area contributed by atoms with Gasteiger partial charge in [0.1, 0.15) is 5.82 Å². The van der Waals surface area contributed by atoms with Gasteiger partial charge in [0, 0.05) is 19.7 Å². The van der Waals surface area contributed by atoms with E-state index in [0.717, 1.165) is 23.4 Å². The molecular formula is C15H24IN5O. The SMILES string of the molecule is COCC(C)NC(N)=NCCn1c(C)nc2ccccc21.I. The number of methoxy groups -OCH3 is 1. The Morgan fingerprint density at radius 3 is 2.91 bits per heavy atom. The normalized spacial score (nSPS) is 13.0. The maximum absolute atomic E-state index is 5.85. The molecule has 0 saturated heterocycles. The molecule has 1 unspecified atom stereocenters. The number of rotatable bonds is 6. The van der Waals surface area contributed by atoms with Gasteiger partial charge >= 0.3 is 0 Å². The van der Waals surface area contributed by atoms with Crippen molar-refractivity contribution in [1.82, 2.24) is 14.9 Å². The smallest absolute Gasteiger partial charge is 0.188 e. The van der Waals surface area contributed by atoms with Gasteiger partial charge in [-0.2, -0.15) is 0 Å². The number of fused-ring (bicyclic) bond motifs is 1. The van der Waals surface area contributed by atoms with Crippen LogP contribution in [0.25, 0.3) is 11.0 Å². The first-order valence-electron chi connectivity index (χ1n) is 7.09. The zero-order valence-electron chi connectivity index (χ0n) is 13.2. The van der Waals surface area contributed by atoms with E-state index in [9.17, 15) is 0 Å². The average molecular weight is 417 g/mol. The summed E-state index contributed by atoms with van der Waals surface area (Å²) in [6.45, 7) is 5.97. The lowest BCUT2D eigenvalue weighted by atomic mass is 10.3. The number of ether oxygens (including phenoxy) is 1. The lowest BCUT2D eigenvalue weighted by molar-refractivity contribution is 0.179. The second-order valence-corrected chi connectivity index (χ2v) is 5.07. The van der Waals surface area contributed by atoms with E-state index in [1.807, 2.05) is 32.0 Å². The van der Waals surface area contributed by atoms with Crippen LogP contribution < -0.4 is 11.1 Å². The zero-order chi connectivity index (χ0) is 15.2. The van der Waals surface area contributed by atoms with Gasteiger partial charge in [-0.05, 0) is 26.0 Å². The number of benzene rings is 1. The Balaban J connectivity index is 0.00000242. The largest absolute Gasteiger partial charge is 0.383 e. The molecule has 122 valence electrons. The highest BCUT2D eigenvalue weighted by Gasteiger charge is 2.06. The Labute approximate surface area is 148 Å². The summed E-state index contributed by atoms with van der Waals surface area (Å²) < 4.78 is 7.20. The molecule has 7 heteroatoms. The summed E-state index contributed by atoms with van der Waals surface area (Å²) >= 11 is 0. The number of nitrogens with zero attached hydrogens (tertiary/aromatic N) is 3. The van der Waals surface area contributed by atoms with Gasteiger partial charge in [0.15, 0.2) is 5.96 Å². The highest BCUT2D eigenvalue weighted by molar-refractivity contribution is 14.0. The van der Waals surface area contributed by atoms with Crippen LogP contribution in [-0.2, 0) is 11.3 Å². The molecule has 6 nitrogen and oxygen atoms in total. The summed E-state index contributed by atoms with van der Waals surface area (Å²) in [5, 5.41) is 3.09. The molecule has 3 N–H and O–H groups in total. The van der Waals surface area contributed by atoms with Crippen LogP contribution >= 0.6 is 24.0 Å². The van der Waals surface area contributed by atoms with Crippen LogP contribution in [0.1, 0.15) is 12.7 Å². The van der Waals surface area contributed by atoms with Crippen LogP contribution in [-0.4, -0.2) is 41.8 Å². The quantitative estimate of drug-likeness (QED) is 0.428. The van der Waals surface area contributed by atoms with Crippen LogP contribution in [0.5, 0.6) is 0 Å². The van der Waals surface area contributed by atoms with Gasteiger partial charge in [0.2, 0.25) is 0 Å². The van der Waals surface area contributed by atoms with Crippen LogP contribution in [0.15, 0.2) is 29.3 Å². The van der Waals surface area contributed by atoms with E-state index in [1.165, 1.54) is 0 Å². The Kier molecular flexibility index (Phi) is 7.60. The predicted molar refractivity (Wildman–Crippen MR) is 101 cm³/mol. The van der Waals surface area contributed by atoms with Crippen molar-refractivity contribution in [3.8, 4) is 0 Å². The number of hydrogen-bond donors (Lipinski definition) is 2. The maximum atomic E-state index is 5.85.